The molecule has 1 aliphatic heterocycles. The van der Waals surface area contributed by atoms with Gasteiger partial charge in [0, 0.05) is 24.0 Å². The van der Waals surface area contributed by atoms with Gasteiger partial charge in [0.05, 0.1) is 12.6 Å². The maximum Gasteiger partial charge on any atom is 0.122 e. The van der Waals surface area contributed by atoms with Crippen molar-refractivity contribution in [2.75, 3.05) is 20.2 Å². The summed E-state index contributed by atoms with van der Waals surface area (Å²) < 4.78 is 7.86. The summed E-state index contributed by atoms with van der Waals surface area (Å²) in [6, 6.07) is 4.83. The second-order valence-corrected chi connectivity index (χ2v) is 7.94. The smallest absolute Gasteiger partial charge is 0.122 e. The van der Waals surface area contributed by atoms with Gasteiger partial charge in [-0.2, -0.15) is 0 Å². The Hall–Kier alpha value is -1.48. The third-order valence-corrected chi connectivity index (χ3v) is 6.08. The summed E-state index contributed by atoms with van der Waals surface area (Å²) in [5, 5.41) is 0. The van der Waals surface area contributed by atoms with Gasteiger partial charge in [-0.1, -0.05) is 13.8 Å². The number of aromatic nitrogens is 1. The molecule has 1 aliphatic carbocycles. The SMILES string of the molecule is COc1ccn2c3c(c(C)c2c1)C(N1CCCC1)C(C)(C)CC3. The highest BCUT2D eigenvalue weighted by atomic mass is 16.5. The number of hydrogen-bond acceptors (Lipinski definition) is 2. The van der Waals surface area contributed by atoms with Crippen LogP contribution in [0.4, 0.5) is 0 Å². The van der Waals surface area contributed by atoms with Crippen molar-refractivity contribution < 1.29 is 4.74 Å². The van der Waals surface area contributed by atoms with Crippen LogP contribution in [0, 0.1) is 12.3 Å². The average Bonchev–Trinajstić information content (AvgIpc) is 3.14. The van der Waals surface area contributed by atoms with Crippen LogP contribution >= 0.6 is 0 Å². The van der Waals surface area contributed by atoms with Crippen molar-refractivity contribution in [3.05, 3.63) is 35.2 Å². The molecule has 1 unspecified atom stereocenters. The number of pyridine rings is 1. The minimum absolute atomic E-state index is 0.344. The monoisotopic (exact) mass is 312 g/mol. The normalized spacial score (nSPS) is 24.1. The van der Waals surface area contributed by atoms with Gasteiger partial charge in [0.1, 0.15) is 5.75 Å². The molecule has 2 aromatic heterocycles. The maximum absolute atomic E-state index is 5.45. The predicted molar refractivity (Wildman–Crippen MR) is 94.3 cm³/mol. The van der Waals surface area contributed by atoms with Crippen LogP contribution in [-0.2, 0) is 6.42 Å². The molecule has 0 saturated carbocycles. The first-order chi connectivity index (χ1) is 11.0. The molecule has 0 radical (unpaired) electrons. The molecule has 0 amide bonds. The minimum Gasteiger partial charge on any atom is -0.497 e. The fourth-order valence-electron chi connectivity index (χ4n) is 4.88. The first-order valence-electron chi connectivity index (χ1n) is 8.94. The summed E-state index contributed by atoms with van der Waals surface area (Å²) in [6.07, 6.45) is 7.33. The Kier molecular flexibility index (Phi) is 3.45. The molecule has 1 saturated heterocycles. The van der Waals surface area contributed by atoms with Crippen LogP contribution in [0.3, 0.4) is 0 Å². The van der Waals surface area contributed by atoms with E-state index in [4.69, 9.17) is 4.74 Å². The van der Waals surface area contributed by atoms with E-state index in [1.807, 2.05) is 0 Å². The van der Waals surface area contributed by atoms with E-state index in [1.165, 1.54) is 55.5 Å². The molecule has 3 heterocycles. The topological polar surface area (TPSA) is 16.9 Å². The number of aryl methyl sites for hydroxylation is 2. The molecule has 23 heavy (non-hydrogen) atoms. The van der Waals surface area contributed by atoms with Crippen LogP contribution in [0.25, 0.3) is 5.52 Å². The zero-order chi connectivity index (χ0) is 16.2. The van der Waals surface area contributed by atoms with Gasteiger partial charge < -0.3 is 9.14 Å². The van der Waals surface area contributed by atoms with E-state index in [2.05, 4.69) is 48.4 Å². The summed E-state index contributed by atoms with van der Waals surface area (Å²) in [5.74, 6) is 0.951. The van der Waals surface area contributed by atoms with Crippen LogP contribution in [0.15, 0.2) is 18.3 Å². The summed E-state index contributed by atoms with van der Waals surface area (Å²) >= 11 is 0. The second kappa shape index (κ2) is 5.27. The lowest BCUT2D eigenvalue weighted by Crippen LogP contribution is -2.40. The fourth-order valence-corrected chi connectivity index (χ4v) is 4.88. The van der Waals surface area contributed by atoms with E-state index >= 15 is 0 Å². The molecule has 0 aromatic carbocycles. The fraction of sp³-hybridized carbons (Fsp3) is 0.600. The minimum atomic E-state index is 0.344. The van der Waals surface area contributed by atoms with Crippen molar-refractivity contribution >= 4 is 5.52 Å². The number of ether oxygens (including phenoxy) is 1. The van der Waals surface area contributed by atoms with E-state index in [1.54, 1.807) is 12.7 Å². The van der Waals surface area contributed by atoms with E-state index in [0.29, 0.717) is 11.5 Å². The molecule has 0 N–H and O–H groups in total. The van der Waals surface area contributed by atoms with Gasteiger partial charge in [-0.25, -0.2) is 0 Å². The first-order valence-corrected chi connectivity index (χ1v) is 8.94. The quantitative estimate of drug-likeness (QED) is 0.819. The van der Waals surface area contributed by atoms with E-state index in [0.717, 1.165) is 5.75 Å². The second-order valence-electron chi connectivity index (χ2n) is 7.94. The van der Waals surface area contributed by atoms with Crippen molar-refractivity contribution in [2.45, 2.75) is 52.5 Å². The van der Waals surface area contributed by atoms with Crippen molar-refractivity contribution in [3.8, 4) is 5.75 Å². The van der Waals surface area contributed by atoms with Crippen LogP contribution in [0.5, 0.6) is 5.75 Å². The van der Waals surface area contributed by atoms with Crippen molar-refractivity contribution in [2.24, 2.45) is 5.41 Å². The molecular weight excluding hydrogens is 284 g/mol. The number of rotatable bonds is 2. The largest absolute Gasteiger partial charge is 0.497 e. The number of methoxy groups -OCH3 is 1. The average molecular weight is 312 g/mol. The van der Waals surface area contributed by atoms with E-state index in [9.17, 15) is 0 Å². The van der Waals surface area contributed by atoms with Gasteiger partial charge in [-0.15, -0.1) is 0 Å². The third-order valence-electron chi connectivity index (χ3n) is 6.08. The Balaban J connectivity index is 1.93. The Labute approximate surface area is 139 Å². The number of hydrogen-bond donors (Lipinski definition) is 0. The Morgan fingerprint density at radius 3 is 2.65 bits per heavy atom. The molecule has 3 heteroatoms. The van der Waals surface area contributed by atoms with Crippen LogP contribution < -0.4 is 4.74 Å². The van der Waals surface area contributed by atoms with E-state index in [-0.39, 0.29) is 0 Å². The summed E-state index contributed by atoms with van der Waals surface area (Å²) in [4.78, 5) is 2.74. The molecule has 1 fully saturated rings. The zero-order valence-corrected chi connectivity index (χ0v) is 14.9. The lowest BCUT2D eigenvalue weighted by Gasteiger charge is -2.44. The van der Waals surface area contributed by atoms with Crippen molar-refractivity contribution in [1.29, 1.82) is 0 Å². The van der Waals surface area contributed by atoms with Crippen LogP contribution in [0.2, 0.25) is 0 Å². The van der Waals surface area contributed by atoms with Gasteiger partial charge >= 0.3 is 0 Å². The van der Waals surface area contributed by atoms with E-state index < -0.39 is 0 Å². The summed E-state index contributed by atoms with van der Waals surface area (Å²) in [6.45, 7) is 9.73. The molecule has 1 atom stereocenters. The van der Waals surface area contributed by atoms with Gasteiger partial charge in [-0.3, -0.25) is 4.90 Å². The first kappa shape index (κ1) is 15.1. The molecule has 124 valence electrons. The van der Waals surface area contributed by atoms with Crippen LogP contribution in [-0.4, -0.2) is 29.5 Å². The summed E-state index contributed by atoms with van der Waals surface area (Å²) in [5.41, 5.74) is 6.23. The maximum atomic E-state index is 5.45. The molecule has 0 bridgehead atoms. The van der Waals surface area contributed by atoms with Crippen molar-refractivity contribution in [1.82, 2.24) is 9.30 Å². The van der Waals surface area contributed by atoms with Gasteiger partial charge in [0.25, 0.3) is 0 Å². The molecule has 2 aromatic rings. The number of likely N-dealkylation sites (tertiary alicyclic amines) is 1. The van der Waals surface area contributed by atoms with Gasteiger partial charge in [-0.05, 0) is 68.3 Å². The molecule has 3 nitrogen and oxygen atoms in total. The predicted octanol–water partition coefficient (Wildman–Crippen LogP) is 4.37. The van der Waals surface area contributed by atoms with Crippen LogP contribution in [0.1, 0.15) is 56.0 Å². The van der Waals surface area contributed by atoms with Crippen molar-refractivity contribution in [3.63, 3.8) is 0 Å². The lowest BCUT2D eigenvalue weighted by atomic mass is 9.70. The number of nitrogens with zero attached hydrogens (tertiary/aromatic N) is 2. The highest BCUT2D eigenvalue weighted by Crippen LogP contribution is 2.50. The number of fused-ring (bicyclic) bond motifs is 3. The van der Waals surface area contributed by atoms with Gasteiger partial charge in [0.15, 0.2) is 0 Å². The standard InChI is InChI=1S/C20H28N2O/c1-14-17-13-15(23-4)8-12-22(17)16-7-9-20(2,3)19(18(14)16)21-10-5-6-11-21/h8,12-13,19H,5-7,9-11H2,1-4H3. The Bertz CT molecular complexity index is 738. The summed E-state index contributed by atoms with van der Waals surface area (Å²) in [7, 11) is 1.75. The molecule has 4 rings (SSSR count). The highest BCUT2D eigenvalue weighted by Gasteiger charge is 2.42. The molecular formula is C20H28N2O. The highest BCUT2D eigenvalue weighted by molar-refractivity contribution is 5.65. The molecule has 0 spiro atoms. The van der Waals surface area contributed by atoms with Gasteiger partial charge in [0.2, 0.25) is 0 Å². The lowest BCUT2D eigenvalue weighted by molar-refractivity contribution is 0.0903. The zero-order valence-electron chi connectivity index (χ0n) is 14.9. The third kappa shape index (κ3) is 2.20. The Morgan fingerprint density at radius 2 is 1.96 bits per heavy atom. The Morgan fingerprint density at radius 1 is 1.22 bits per heavy atom. The molecule has 2 aliphatic rings.